The quantitative estimate of drug-likeness (QED) is 0.733. The number of aliphatic hydroxyl groups excluding tert-OH is 1. The highest BCUT2D eigenvalue weighted by molar-refractivity contribution is 7.91. The monoisotopic (exact) mass is 340 g/mol. The predicted molar refractivity (Wildman–Crippen MR) is 93.2 cm³/mol. The number of aliphatic hydroxyl groups is 1. The van der Waals surface area contributed by atoms with Gasteiger partial charge in [0.25, 0.3) is 0 Å². The zero-order valence-electron chi connectivity index (χ0n) is 14.0. The normalized spacial score (nSPS) is 18.4. The molecule has 0 bridgehead atoms. The summed E-state index contributed by atoms with van der Waals surface area (Å²) in [6, 6.07) is 8.29. The first-order valence-corrected chi connectivity index (χ1v) is 10.1. The van der Waals surface area contributed by atoms with E-state index in [1.165, 1.54) is 11.1 Å². The van der Waals surface area contributed by atoms with E-state index in [-0.39, 0.29) is 17.5 Å². The number of fused-ring (bicyclic) bond motifs is 1. The van der Waals surface area contributed by atoms with Crippen LogP contribution < -0.4 is 5.32 Å². The lowest BCUT2D eigenvalue weighted by molar-refractivity contribution is 0.103. The van der Waals surface area contributed by atoms with Gasteiger partial charge in [-0.25, -0.2) is 8.42 Å². The average molecular weight is 340 g/mol. The molecule has 1 aromatic carbocycles. The van der Waals surface area contributed by atoms with Crippen molar-refractivity contribution in [3.05, 3.63) is 35.4 Å². The Bertz CT molecular complexity index is 604. The highest BCUT2D eigenvalue weighted by Gasteiger charge is 2.19. The van der Waals surface area contributed by atoms with E-state index < -0.39 is 15.9 Å². The highest BCUT2D eigenvalue weighted by atomic mass is 32.2. The smallest absolute Gasteiger partial charge is 0.151 e. The summed E-state index contributed by atoms with van der Waals surface area (Å²) in [5.41, 5.74) is 2.73. The van der Waals surface area contributed by atoms with E-state index in [0.717, 1.165) is 19.5 Å². The van der Waals surface area contributed by atoms with E-state index in [4.69, 9.17) is 0 Å². The third kappa shape index (κ3) is 5.88. The minimum Gasteiger partial charge on any atom is -0.390 e. The van der Waals surface area contributed by atoms with Gasteiger partial charge in [0.1, 0.15) is 0 Å². The summed E-state index contributed by atoms with van der Waals surface area (Å²) >= 11 is 0. The largest absolute Gasteiger partial charge is 0.390 e. The van der Waals surface area contributed by atoms with E-state index in [0.29, 0.717) is 13.1 Å². The molecule has 2 N–H and O–H groups in total. The molecule has 1 aliphatic heterocycles. The van der Waals surface area contributed by atoms with E-state index in [9.17, 15) is 13.5 Å². The van der Waals surface area contributed by atoms with Crippen molar-refractivity contribution in [1.29, 1.82) is 0 Å². The van der Waals surface area contributed by atoms with Gasteiger partial charge in [-0.2, -0.15) is 0 Å². The lowest BCUT2D eigenvalue weighted by Crippen LogP contribution is -2.44. The van der Waals surface area contributed by atoms with Crippen molar-refractivity contribution in [2.45, 2.75) is 39.0 Å². The van der Waals surface area contributed by atoms with Crippen LogP contribution in [0.2, 0.25) is 0 Å². The van der Waals surface area contributed by atoms with Crippen LogP contribution in [0.1, 0.15) is 25.0 Å². The van der Waals surface area contributed by atoms with Crippen molar-refractivity contribution in [3.8, 4) is 0 Å². The van der Waals surface area contributed by atoms with Crippen LogP contribution in [-0.2, 0) is 22.8 Å². The Balaban J connectivity index is 1.74. The fourth-order valence-electron chi connectivity index (χ4n) is 2.97. The summed E-state index contributed by atoms with van der Waals surface area (Å²) in [6.45, 7) is 6.34. The Morgan fingerprint density at radius 3 is 2.70 bits per heavy atom. The van der Waals surface area contributed by atoms with Gasteiger partial charge < -0.3 is 10.4 Å². The van der Waals surface area contributed by atoms with E-state index in [2.05, 4.69) is 34.5 Å². The summed E-state index contributed by atoms with van der Waals surface area (Å²) in [5, 5.41) is 13.3. The molecule has 130 valence electrons. The molecule has 1 heterocycles. The molecule has 0 radical (unpaired) electrons. The molecule has 0 spiro atoms. The minimum absolute atomic E-state index is 0.118. The molecule has 6 heteroatoms. The van der Waals surface area contributed by atoms with Crippen LogP contribution in [-0.4, -0.2) is 61.7 Å². The Hall–Kier alpha value is -0.950. The second-order valence-electron chi connectivity index (χ2n) is 6.42. The first-order chi connectivity index (χ1) is 10.9. The van der Waals surface area contributed by atoms with Crippen LogP contribution in [0.4, 0.5) is 0 Å². The van der Waals surface area contributed by atoms with E-state index >= 15 is 0 Å². The van der Waals surface area contributed by atoms with Gasteiger partial charge in [0.05, 0.1) is 11.9 Å². The van der Waals surface area contributed by atoms with Crippen molar-refractivity contribution in [2.24, 2.45) is 0 Å². The molecule has 0 aliphatic carbocycles. The number of rotatable bonds is 8. The third-order valence-electron chi connectivity index (χ3n) is 4.32. The third-order valence-corrected chi connectivity index (χ3v) is 6.21. The van der Waals surface area contributed by atoms with Crippen LogP contribution in [0.15, 0.2) is 24.3 Å². The number of hydrogen-bond donors (Lipinski definition) is 2. The molecular weight excluding hydrogens is 312 g/mol. The Kier molecular flexibility index (Phi) is 6.59. The van der Waals surface area contributed by atoms with Gasteiger partial charge in [0, 0.05) is 38.0 Å². The van der Waals surface area contributed by atoms with Crippen molar-refractivity contribution in [3.63, 3.8) is 0 Å². The number of nitrogens with zero attached hydrogens (tertiary/aromatic N) is 1. The van der Waals surface area contributed by atoms with Crippen molar-refractivity contribution in [1.82, 2.24) is 10.2 Å². The van der Waals surface area contributed by atoms with Crippen LogP contribution in [0, 0.1) is 0 Å². The van der Waals surface area contributed by atoms with Crippen LogP contribution in [0.3, 0.4) is 0 Å². The Labute approximate surface area is 139 Å². The fourth-order valence-corrected chi connectivity index (χ4v) is 4.08. The van der Waals surface area contributed by atoms with Crippen LogP contribution >= 0.6 is 0 Å². The molecule has 0 saturated heterocycles. The second kappa shape index (κ2) is 8.24. The average Bonchev–Trinajstić information content (AvgIpc) is 2.52. The maximum atomic E-state index is 11.6. The second-order valence-corrected chi connectivity index (χ2v) is 8.81. The molecule has 5 nitrogen and oxygen atoms in total. The first-order valence-electron chi connectivity index (χ1n) is 8.30. The molecule has 2 rings (SSSR count). The van der Waals surface area contributed by atoms with Gasteiger partial charge in [-0.05, 0) is 24.5 Å². The van der Waals surface area contributed by atoms with E-state index in [1.54, 1.807) is 6.92 Å². The number of hydrogen-bond acceptors (Lipinski definition) is 5. The molecule has 0 saturated carbocycles. The van der Waals surface area contributed by atoms with Crippen LogP contribution in [0.5, 0.6) is 0 Å². The lowest BCUT2D eigenvalue weighted by Gasteiger charge is -2.30. The SMILES string of the molecule is CCS(=O)(=O)CC(C)NCC(O)CN1CCc2ccccc2C1. The standard InChI is InChI=1S/C17H28N2O3S/c1-3-23(21,22)13-14(2)18-10-17(20)12-19-9-8-15-6-4-5-7-16(15)11-19/h4-7,14,17-18,20H,3,8-13H2,1-2H3. The predicted octanol–water partition coefficient (Wildman–Crippen LogP) is 0.818. The summed E-state index contributed by atoms with van der Waals surface area (Å²) < 4.78 is 23.2. The number of sulfone groups is 1. The summed E-state index contributed by atoms with van der Waals surface area (Å²) in [4.78, 5) is 2.25. The molecule has 0 aromatic heterocycles. The molecule has 1 aliphatic rings. The Morgan fingerprint density at radius 2 is 2.00 bits per heavy atom. The van der Waals surface area contributed by atoms with Gasteiger partial charge >= 0.3 is 0 Å². The molecular formula is C17H28N2O3S. The summed E-state index contributed by atoms with van der Waals surface area (Å²) in [7, 11) is -2.98. The van der Waals surface area contributed by atoms with E-state index in [1.807, 2.05) is 6.92 Å². The minimum atomic E-state index is -2.98. The number of nitrogens with one attached hydrogen (secondary N) is 1. The maximum absolute atomic E-state index is 11.6. The Morgan fingerprint density at radius 1 is 1.30 bits per heavy atom. The fraction of sp³-hybridized carbons (Fsp3) is 0.647. The topological polar surface area (TPSA) is 69.6 Å². The summed E-state index contributed by atoms with van der Waals surface area (Å²) in [5.74, 6) is 0.280. The number of β-amino-alcohol motifs (C(OH)–C–C–N with tert-alkyl or cyclic N) is 1. The zero-order valence-corrected chi connectivity index (χ0v) is 14.8. The molecule has 1 aromatic rings. The van der Waals surface area contributed by atoms with Gasteiger partial charge in [-0.3, -0.25) is 4.90 Å². The maximum Gasteiger partial charge on any atom is 0.151 e. The van der Waals surface area contributed by atoms with Crippen molar-refractivity contribution >= 4 is 9.84 Å². The first kappa shape index (κ1) is 18.4. The van der Waals surface area contributed by atoms with Gasteiger partial charge in [-0.15, -0.1) is 0 Å². The number of benzene rings is 1. The molecule has 2 unspecified atom stereocenters. The molecule has 23 heavy (non-hydrogen) atoms. The zero-order chi connectivity index (χ0) is 16.9. The van der Waals surface area contributed by atoms with Gasteiger partial charge in [0.15, 0.2) is 9.84 Å². The molecule has 0 amide bonds. The molecule has 2 atom stereocenters. The van der Waals surface area contributed by atoms with Gasteiger partial charge in [0.2, 0.25) is 0 Å². The lowest BCUT2D eigenvalue weighted by atomic mass is 10.00. The van der Waals surface area contributed by atoms with Gasteiger partial charge in [-0.1, -0.05) is 31.2 Å². The van der Waals surface area contributed by atoms with Crippen LogP contribution in [0.25, 0.3) is 0 Å². The van der Waals surface area contributed by atoms with Crippen molar-refractivity contribution in [2.75, 3.05) is 31.1 Å². The molecule has 0 fully saturated rings. The van der Waals surface area contributed by atoms with Crippen molar-refractivity contribution < 1.29 is 13.5 Å². The summed E-state index contributed by atoms with van der Waals surface area (Å²) in [6.07, 6.45) is 0.522. The highest BCUT2D eigenvalue weighted by Crippen LogP contribution is 2.18.